The molecule has 1 atom stereocenters. The monoisotopic (exact) mass is 484 g/mol. The number of amides is 2. The number of piperazine rings is 1. The van der Waals surface area contributed by atoms with Crippen molar-refractivity contribution in [3.8, 4) is 28.4 Å². The van der Waals surface area contributed by atoms with Gasteiger partial charge in [-0.3, -0.25) is 9.59 Å². The molecule has 0 bridgehead atoms. The van der Waals surface area contributed by atoms with Crippen LogP contribution in [0.4, 0.5) is 0 Å². The third kappa shape index (κ3) is 6.25. The topological polar surface area (TPSA) is 77.5 Å². The van der Waals surface area contributed by atoms with Gasteiger partial charge in [-0.1, -0.05) is 24.3 Å². The quantitative estimate of drug-likeness (QED) is 0.455. The van der Waals surface area contributed by atoms with Crippen molar-refractivity contribution < 1.29 is 28.5 Å². The Labute approximate surface area is 207 Å². The zero-order chi connectivity index (χ0) is 25.5. The summed E-state index contributed by atoms with van der Waals surface area (Å²) in [6, 6.07) is 11.2. The van der Waals surface area contributed by atoms with Gasteiger partial charge in [0.1, 0.15) is 6.04 Å². The molecule has 0 radical (unpaired) electrons. The predicted molar refractivity (Wildman–Crippen MR) is 134 cm³/mol. The van der Waals surface area contributed by atoms with Gasteiger partial charge in [-0.2, -0.15) is 0 Å². The first kappa shape index (κ1) is 26.3. The molecule has 3 rings (SSSR count). The molecule has 1 fully saturated rings. The van der Waals surface area contributed by atoms with Crippen LogP contribution in [0.1, 0.15) is 25.8 Å². The molecule has 1 aliphatic rings. The molecule has 8 heteroatoms. The largest absolute Gasteiger partial charge is 0.493 e. The molecule has 1 unspecified atom stereocenters. The number of hydrogen-bond donors (Lipinski definition) is 0. The molecule has 1 heterocycles. The van der Waals surface area contributed by atoms with E-state index in [-0.39, 0.29) is 24.5 Å². The summed E-state index contributed by atoms with van der Waals surface area (Å²) >= 11 is 0. The molecule has 2 aromatic rings. The lowest BCUT2D eigenvalue weighted by molar-refractivity contribution is -0.154. The van der Waals surface area contributed by atoms with Crippen LogP contribution in [-0.4, -0.2) is 81.8 Å². The summed E-state index contributed by atoms with van der Waals surface area (Å²) in [5.74, 6) is 1.63. The minimum atomic E-state index is -0.519. The van der Waals surface area contributed by atoms with Crippen molar-refractivity contribution in [2.24, 2.45) is 0 Å². The number of methoxy groups -OCH3 is 3. The van der Waals surface area contributed by atoms with Gasteiger partial charge >= 0.3 is 0 Å². The molecular formula is C27H36N2O6. The van der Waals surface area contributed by atoms with E-state index in [2.05, 4.69) is 0 Å². The summed E-state index contributed by atoms with van der Waals surface area (Å²) in [7, 11) is 6.45. The van der Waals surface area contributed by atoms with Crippen LogP contribution >= 0.6 is 0 Å². The number of ether oxygens (including phenoxy) is 4. The fourth-order valence-corrected chi connectivity index (χ4v) is 4.20. The summed E-state index contributed by atoms with van der Waals surface area (Å²) in [5.41, 5.74) is 2.87. The van der Waals surface area contributed by atoms with E-state index < -0.39 is 6.04 Å². The molecule has 1 aliphatic heterocycles. The Balaban J connectivity index is 1.73. The van der Waals surface area contributed by atoms with Gasteiger partial charge in [-0.05, 0) is 49.1 Å². The molecule has 2 amide bonds. The third-order valence-electron chi connectivity index (χ3n) is 6.19. The molecule has 0 spiro atoms. The Morgan fingerprint density at radius 2 is 1.57 bits per heavy atom. The van der Waals surface area contributed by atoms with Crippen molar-refractivity contribution in [2.45, 2.75) is 38.8 Å². The summed E-state index contributed by atoms with van der Waals surface area (Å²) < 4.78 is 21.9. The summed E-state index contributed by atoms with van der Waals surface area (Å²) in [4.78, 5) is 28.9. The van der Waals surface area contributed by atoms with E-state index in [9.17, 15) is 9.59 Å². The standard InChI is InChI=1S/C27H36N2O6/c1-18(2)35-13-7-12-29-17-25(30)28(3)22(27(29)31)14-19-8-10-20(11-9-19)21-15-23(32-4)26(34-6)24(16-21)33-5/h8-11,15-16,18,22H,7,12-14,17H2,1-6H3. The molecule has 35 heavy (non-hydrogen) atoms. The second-order valence-corrected chi connectivity index (χ2v) is 8.87. The van der Waals surface area contributed by atoms with Gasteiger partial charge in [0.15, 0.2) is 11.5 Å². The van der Waals surface area contributed by atoms with Gasteiger partial charge in [-0.15, -0.1) is 0 Å². The molecule has 0 N–H and O–H groups in total. The maximum atomic E-state index is 13.2. The Morgan fingerprint density at radius 3 is 2.11 bits per heavy atom. The van der Waals surface area contributed by atoms with Crippen LogP contribution in [-0.2, 0) is 20.7 Å². The molecule has 0 aromatic heterocycles. The first-order valence-electron chi connectivity index (χ1n) is 11.8. The smallest absolute Gasteiger partial charge is 0.246 e. The number of carbonyl (C=O) groups excluding carboxylic acids is 2. The van der Waals surface area contributed by atoms with E-state index >= 15 is 0 Å². The van der Waals surface area contributed by atoms with Crippen molar-refractivity contribution in [2.75, 3.05) is 48.1 Å². The van der Waals surface area contributed by atoms with E-state index in [0.717, 1.165) is 16.7 Å². The maximum Gasteiger partial charge on any atom is 0.246 e. The first-order valence-corrected chi connectivity index (χ1v) is 11.8. The van der Waals surface area contributed by atoms with Crippen LogP contribution in [0.2, 0.25) is 0 Å². The van der Waals surface area contributed by atoms with E-state index in [0.29, 0.717) is 43.2 Å². The van der Waals surface area contributed by atoms with E-state index in [1.165, 1.54) is 0 Å². The third-order valence-corrected chi connectivity index (χ3v) is 6.19. The summed E-state index contributed by atoms with van der Waals surface area (Å²) in [5, 5.41) is 0. The number of carbonyl (C=O) groups is 2. The minimum Gasteiger partial charge on any atom is -0.493 e. The molecule has 2 aromatic carbocycles. The Hall–Kier alpha value is -3.26. The Morgan fingerprint density at radius 1 is 0.943 bits per heavy atom. The molecular weight excluding hydrogens is 448 g/mol. The SMILES string of the molecule is COc1cc(-c2ccc(CC3C(=O)N(CCCOC(C)C)CC(=O)N3C)cc2)cc(OC)c1OC. The highest BCUT2D eigenvalue weighted by Gasteiger charge is 2.36. The van der Waals surface area contributed by atoms with E-state index in [4.69, 9.17) is 18.9 Å². The number of hydrogen-bond acceptors (Lipinski definition) is 6. The molecule has 0 saturated carbocycles. The van der Waals surface area contributed by atoms with Crippen molar-refractivity contribution in [3.05, 3.63) is 42.0 Å². The lowest BCUT2D eigenvalue weighted by Crippen LogP contribution is -2.59. The van der Waals surface area contributed by atoms with Crippen LogP contribution in [0, 0.1) is 0 Å². The second-order valence-electron chi connectivity index (χ2n) is 8.87. The second kappa shape index (κ2) is 11.9. The first-order chi connectivity index (χ1) is 16.8. The molecule has 1 saturated heterocycles. The van der Waals surface area contributed by atoms with Crippen LogP contribution in [0.5, 0.6) is 17.2 Å². The number of benzene rings is 2. The Bertz CT molecular complexity index is 996. The van der Waals surface area contributed by atoms with Crippen LogP contribution in [0.3, 0.4) is 0 Å². The number of rotatable bonds is 11. The lowest BCUT2D eigenvalue weighted by atomic mass is 9.98. The van der Waals surface area contributed by atoms with Crippen molar-refractivity contribution in [1.29, 1.82) is 0 Å². The molecule has 0 aliphatic carbocycles. The van der Waals surface area contributed by atoms with E-state index in [1.54, 1.807) is 38.2 Å². The van der Waals surface area contributed by atoms with Gasteiger partial charge in [0.25, 0.3) is 0 Å². The normalized spacial score (nSPS) is 16.1. The van der Waals surface area contributed by atoms with E-state index in [1.807, 2.05) is 50.2 Å². The van der Waals surface area contributed by atoms with Gasteiger partial charge in [0.2, 0.25) is 17.6 Å². The number of nitrogens with zero attached hydrogens (tertiary/aromatic N) is 2. The van der Waals surface area contributed by atoms with Crippen molar-refractivity contribution in [1.82, 2.24) is 9.80 Å². The maximum absolute atomic E-state index is 13.2. The zero-order valence-corrected chi connectivity index (χ0v) is 21.5. The van der Waals surface area contributed by atoms with Crippen LogP contribution < -0.4 is 14.2 Å². The van der Waals surface area contributed by atoms with Crippen LogP contribution in [0.25, 0.3) is 11.1 Å². The summed E-state index contributed by atoms with van der Waals surface area (Å²) in [6.45, 7) is 5.16. The van der Waals surface area contributed by atoms with Crippen molar-refractivity contribution in [3.63, 3.8) is 0 Å². The fourth-order valence-electron chi connectivity index (χ4n) is 4.20. The lowest BCUT2D eigenvalue weighted by Gasteiger charge is -2.38. The van der Waals surface area contributed by atoms with Crippen molar-refractivity contribution >= 4 is 11.8 Å². The zero-order valence-electron chi connectivity index (χ0n) is 21.5. The highest BCUT2D eigenvalue weighted by Crippen LogP contribution is 2.41. The molecule has 190 valence electrons. The highest BCUT2D eigenvalue weighted by atomic mass is 16.5. The number of likely N-dealkylation sites (N-methyl/N-ethyl adjacent to an activating group) is 1. The van der Waals surface area contributed by atoms with Gasteiger partial charge < -0.3 is 28.7 Å². The average Bonchev–Trinajstić information content (AvgIpc) is 2.86. The highest BCUT2D eigenvalue weighted by molar-refractivity contribution is 5.95. The summed E-state index contributed by atoms with van der Waals surface area (Å²) in [6.07, 6.45) is 1.31. The average molecular weight is 485 g/mol. The fraction of sp³-hybridized carbons (Fsp3) is 0.481. The Kier molecular flexibility index (Phi) is 8.98. The van der Waals surface area contributed by atoms with Gasteiger partial charge in [-0.25, -0.2) is 0 Å². The van der Waals surface area contributed by atoms with Gasteiger partial charge in [0.05, 0.1) is 34.0 Å². The van der Waals surface area contributed by atoms with Gasteiger partial charge in [0, 0.05) is 26.6 Å². The predicted octanol–water partition coefficient (Wildman–Crippen LogP) is 3.41. The minimum absolute atomic E-state index is 0.0228. The van der Waals surface area contributed by atoms with Crippen LogP contribution in [0.15, 0.2) is 36.4 Å². The molecule has 8 nitrogen and oxygen atoms in total.